The quantitative estimate of drug-likeness (QED) is 0.0256. The fourth-order valence-electron chi connectivity index (χ4n) is 10.4. The van der Waals surface area contributed by atoms with Crippen molar-refractivity contribution in [3.05, 3.63) is 0 Å². The van der Waals surface area contributed by atoms with Gasteiger partial charge in [-0.15, -0.1) is 0 Å². The van der Waals surface area contributed by atoms with Crippen LogP contribution in [0.2, 0.25) is 0 Å². The van der Waals surface area contributed by atoms with Gasteiger partial charge in [-0.25, -0.2) is 0 Å². The van der Waals surface area contributed by atoms with Gasteiger partial charge in [0.1, 0.15) is 13.2 Å². The second kappa shape index (κ2) is 59.4. The summed E-state index contributed by atoms with van der Waals surface area (Å²) in [4.78, 5) is 37.4. The van der Waals surface area contributed by atoms with Crippen LogP contribution in [-0.4, -0.2) is 82.3 Å². The Bertz CT molecular complexity index is 1210. The van der Waals surface area contributed by atoms with Crippen LogP contribution in [0.3, 0.4) is 0 Å². The van der Waals surface area contributed by atoms with Gasteiger partial charge in [0.25, 0.3) is 0 Å². The Morgan fingerprint density at radius 3 is 0.842 bits per heavy atom. The standard InChI is InChI=1S/C67H131NO8/c1-6-8-10-12-14-16-18-20-22-24-26-28-30-31-32-33-34-36-38-40-42-44-46-48-50-52-54-56-58-65(70)76-63(62-75-67(66(71)72)73-60-59-68(3,4)5)61-74-64(69)57-55-53-51-49-47-45-43-41-39-37-35-29-27-25-23-21-19-17-15-13-11-9-7-2/h63,67H,6-62H2,1-5H3. The van der Waals surface area contributed by atoms with Gasteiger partial charge < -0.3 is 33.3 Å². The number of ether oxygens (including phenoxy) is 4. The predicted octanol–water partition coefficient (Wildman–Crippen LogP) is 19.0. The number of hydrogen-bond donors (Lipinski definition) is 0. The molecule has 0 aliphatic heterocycles. The molecular formula is C67H131NO8. The number of carboxylic acids is 1. The molecule has 0 spiro atoms. The van der Waals surface area contributed by atoms with Crippen LogP contribution in [0, 0.1) is 0 Å². The molecule has 0 saturated carbocycles. The number of carbonyl (C=O) groups excluding carboxylic acids is 3. The van der Waals surface area contributed by atoms with Gasteiger partial charge in [-0.1, -0.05) is 328 Å². The molecule has 0 aliphatic rings. The first-order valence-electron chi connectivity index (χ1n) is 33.7. The summed E-state index contributed by atoms with van der Waals surface area (Å²) in [5, 5.41) is 11.8. The Morgan fingerprint density at radius 1 is 0.342 bits per heavy atom. The van der Waals surface area contributed by atoms with Crippen LogP contribution >= 0.6 is 0 Å². The molecule has 0 amide bonds. The summed E-state index contributed by atoms with van der Waals surface area (Å²) in [5.41, 5.74) is 0. The van der Waals surface area contributed by atoms with Crippen molar-refractivity contribution in [2.75, 3.05) is 47.5 Å². The van der Waals surface area contributed by atoms with Gasteiger partial charge in [-0.3, -0.25) is 9.59 Å². The average Bonchev–Trinajstić information content (AvgIpc) is 3.39. The van der Waals surface area contributed by atoms with Crippen molar-refractivity contribution in [2.24, 2.45) is 0 Å². The highest BCUT2D eigenvalue weighted by atomic mass is 16.7. The van der Waals surface area contributed by atoms with E-state index in [1.165, 1.54) is 289 Å². The van der Waals surface area contributed by atoms with Crippen LogP contribution in [0.5, 0.6) is 0 Å². The molecule has 0 bridgehead atoms. The molecule has 0 heterocycles. The van der Waals surface area contributed by atoms with Crippen LogP contribution in [0.4, 0.5) is 0 Å². The van der Waals surface area contributed by atoms with Crippen molar-refractivity contribution in [2.45, 2.75) is 367 Å². The van der Waals surface area contributed by atoms with E-state index in [2.05, 4.69) is 13.8 Å². The molecular weight excluding hydrogens is 947 g/mol. The number of hydrogen-bond acceptors (Lipinski definition) is 8. The minimum atomic E-state index is -1.61. The lowest BCUT2D eigenvalue weighted by molar-refractivity contribution is -0.870. The molecule has 9 nitrogen and oxygen atoms in total. The molecule has 0 aliphatic carbocycles. The summed E-state index contributed by atoms with van der Waals surface area (Å²) in [6.45, 7) is 4.84. The van der Waals surface area contributed by atoms with Crippen molar-refractivity contribution in [3.8, 4) is 0 Å². The second-order valence-corrected chi connectivity index (χ2v) is 24.5. The van der Waals surface area contributed by atoms with Crippen LogP contribution < -0.4 is 5.11 Å². The first-order valence-corrected chi connectivity index (χ1v) is 33.7. The number of nitrogens with zero attached hydrogens (tertiary/aromatic N) is 1. The fourth-order valence-corrected chi connectivity index (χ4v) is 10.4. The van der Waals surface area contributed by atoms with E-state index in [1.807, 2.05) is 21.1 Å². The number of unbranched alkanes of at least 4 members (excludes halogenated alkanes) is 49. The normalized spacial score (nSPS) is 12.6. The SMILES string of the molecule is CCCCCCCCCCCCCCCCCCCCCCCCCCCCCCC(=O)OC(COC(=O)CCCCCCCCCCCCCCCCCCCCCCCCC)COC(OCC[N+](C)(C)C)C(=O)[O-]. The van der Waals surface area contributed by atoms with Crippen LogP contribution in [0.1, 0.15) is 354 Å². The number of esters is 2. The molecule has 0 aromatic heterocycles. The lowest BCUT2D eigenvalue weighted by atomic mass is 10.0. The first kappa shape index (κ1) is 74.3. The molecule has 2 atom stereocenters. The number of rotatable bonds is 64. The molecule has 0 saturated heterocycles. The molecule has 452 valence electrons. The maximum atomic E-state index is 12.9. The minimum absolute atomic E-state index is 0.154. The third kappa shape index (κ3) is 59.9. The average molecular weight is 1080 g/mol. The molecule has 76 heavy (non-hydrogen) atoms. The number of aliphatic carboxylic acids is 1. The molecule has 0 fully saturated rings. The summed E-state index contributed by atoms with van der Waals surface area (Å²) in [6.07, 6.45) is 66.1. The fraction of sp³-hybridized carbons (Fsp3) is 0.955. The van der Waals surface area contributed by atoms with Crippen LogP contribution in [-0.2, 0) is 33.3 Å². The molecule has 0 aromatic rings. The Morgan fingerprint density at radius 2 is 0.592 bits per heavy atom. The highest BCUT2D eigenvalue weighted by Crippen LogP contribution is 2.19. The third-order valence-electron chi connectivity index (χ3n) is 15.6. The van der Waals surface area contributed by atoms with E-state index < -0.39 is 24.3 Å². The predicted molar refractivity (Wildman–Crippen MR) is 320 cm³/mol. The highest BCUT2D eigenvalue weighted by molar-refractivity contribution is 5.70. The maximum absolute atomic E-state index is 12.9. The molecule has 0 N–H and O–H groups in total. The largest absolute Gasteiger partial charge is 0.545 e. The van der Waals surface area contributed by atoms with Gasteiger partial charge >= 0.3 is 11.9 Å². The van der Waals surface area contributed by atoms with Crippen molar-refractivity contribution in [3.63, 3.8) is 0 Å². The van der Waals surface area contributed by atoms with Crippen LogP contribution in [0.15, 0.2) is 0 Å². The van der Waals surface area contributed by atoms with Gasteiger partial charge in [0.05, 0.1) is 40.3 Å². The molecule has 0 radical (unpaired) electrons. The van der Waals surface area contributed by atoms with Gasteiger partial charge in [0.2, 0.25) is 0 Å². The zero-order valence-corrected chi connectivity index (χ0v) is 51.7. The monoisotopic (exact) mass is 1080 g/mol. The third-order valence-corrected chi connectivity index (χ3v) is 15.6. The number of likely N-dealkylation sites (N-methyl/N-ethyl adjacent to an activating group) is 1. The van der Waals surface area contributed by atoms with Crippen molar-refractivity contribution < 1.29 is 42.9 Å². The minimum Gasteiger partial charge on any atom is -0.545 e. The molecule has 9 heteroatoms. The number of quaternary nitrogens is 1. The lowest BCUT2D eigenvalue weighted by Crippen LogP contribution is -2.44. The van der Waals surface area contributed by atoms with Gasteiger partial charge in [-0.2, -0.15) is 0 Å². The summed E-state index contributed by atoms with van der Waals surface area (Å²) in [5.74, 6) is -2.24. The molecule has 0 aromatic carbocycles. The van der Waals surface area contributed by atoms with Gasteiger partial charge in [0.15, 0.2) is 12.4 Å². The lowest BCUT2D eigenvalue weighted by Gasteiger charge is -2.26. The maximum Gasteiger partial charge on any atom is 0.306 e. The van der Waals surface area contributed by atoms with E-state index in [0.29, 0.717) is 17.4 Å². The van der Waals surface area contributed by atoms with Gasteiger partial charge in [-0.05, 0) is 12.8 Å². The van der Waals surface area contributed by atoms with Gasteiger partial charge in [0, 0.05) is 12.8 Å². The summed E-state index contributed by atoms with van der Waals surface area (Å²) in [6, 6.07) is 0. The number of carboxylic acid groups (broad SMARTS) is 1. The van der Waals surface area contributed by atoms with E-state index in [1.54, 1.807) is 0 Å². The zero-order valence-electron chi connectivity index (χ0n) is 51.7. The van der Waals surface area contributed by atoms with Crippen LogP contribution in [0.25, 0.3) is 0 Å². The topological polar surface area (TPSA) is 111 Å². The summed E-state index contributed by atoms with van der Waals surface area (Å²) in [7, 11) is 5.95. The Labute approximate surface area is 473 Å². The van der Waals surface area contributed by atoms with E-state index >= 15 is 0 Å². The van der Waals surface area contributed by atoms with E-state index in [9.17, 15) is 19.5 Å². The van der Waals surface area contributed by atoms with E-state index in [0.717, 1.165) is 38.5 Å². The Balaban J connectivity index is 4.07. The van der Waals surface area contributed by atoms with Crippen molar-refractivity contribution >= 4 is 17.9 Å². The van der Waals surface area contributed by atoms with E-state index in [-0.39, 0.29) is 32.2 Å². The van der Waals surface area contributed by atoms with Crippen molar-refractivity contribution in [1.29, 1.82) is 0 Å². The summed E-state index contributed by atoms with van der Waals surface area (Å²) < 4.78 is 22.8. The smallest absolute Gasteiger partial charge is 0.306 e. The second-order valence-electron chi connectivity index (χ2n) is 24.5. The molecule has 0 rings (SSSR count). The molecule has 2 unspecified atom stereocenters. The van der Waals surface area contributed by atoms with E-state index in [4.69, 9.17) is 18.9 Å². The zero-order chi connectivity index (χ0) is 55.5. The first-order chi connectivity index (χ1) is 37.1. The number of carbonyl (C=O) groups is 3. The highest BCUT2D eigenvalue weighted by Gasteiger charge is 2.22. The summed E-state index contributed by atoms with van der Waals surface area (Å²) >= 11 is 0. The van der Waals surface area contributed by atoms with Crippen molar-refractivity contribution in [1.82, 2.24) is 0 Å². The Kier molecular flexibility index (Phi) is 58.1. The Hall–Kier alpha value is -1.71.